The summed E-state index contributed by atoms with van der Waals surface area (Å²) in [4.78, 5) is 13.9. The van der Waals surface area contributed by atoms with Gasteiger partial charge in [0.05, 0.1) is 11.0 Å². The molecule has 0 N–H and O–H groups in total. The maximum atomic E-state index is 4.67. The molecule has 2 heterocycles. The van der Waals surface area contributed by atoms with E-state index in [1.807, 2.05) is 53.8 Å². The number of para-hydroxylation sites is 2. The second kappa shape index (κ2) is 4.38. The van der Waals surface area contributed by atoms with Gasteiger partial charge in [-0.1, -0.05) is 36.4 Å². The van der Waals surface area contributed by atoms with Gasteiger partial charge in [0, 0.05) is 5.56 Å². The van der Waals surface area contributed by atoms with E-state index in [1.165, 1.54) is 0 Å². The summed E-state index contributed by atoms with van der Waals surface area (Å²) in [6.45, 7) is 4.06. The summed E-state index contributed by atoms with van der Waals surface area (Å²) in [6, 6.07) is 16.2. The minimum atomic E-state index is 0.696. The van der Waals surface area contributed by atoms with Crippen molar-refractivity contribution >= 4 is 16.8 Å². The summed E-state index contributed by atoms with van der Waals surface area (Å²) in [5.74, 6) is 2.32. The molecule has 0 saturated heterocycles. The van der Waals surface area contributed by atoms with Gasteiger partial charge in [0.1, 0.15) is 5.82 Å². The first-order valence-corrected chi connectivity index (χ1v) is 6.92. The highest BCUT2D eigenvalue weighted by Gasteiger charge is 2.12. The van der Waals surface area contributed by atoms with Gasteiger partial charge in [0.25, 0.3) is 0 Å². The van der Waals surface area contributed by atoms with Gasteiger partial charge in [-0.25, -0.2) is 9.97 Å². The van der Waals surface area contributed by atoms with Crippen LogP contribution >= 0.6 is 0 Å². The third-order valence-corrected chi connectivity index (χ3v) is 3.73. The average Bonchev–Trinajstić information content (AvgIpc) is 2.86. The van der Waals surface area contributed by atoms with Crippen LogP contribution in [0.2, 0.25) is 0 Å². The lowest BCUT2D eigenvalue weighted by molar-refractivity contribution is 0.960. The van der Waals surface area contributed by atoms with Crippen LogP contribution in [0.5, 0.6) is 0 Å². The molecule has 21 heavy (non-hydrogen) atoms. The van der Waals surface area contributed by atoms with Crippen molar-refractivity contribution in [3.8, 4) is 11.4 Å². The molecule has 0 radical (unpaired) electrons. The lowest BCUT2D eigenvalue weighted by atomic mass is 10.1. The molecule has 2 aromatic carbocycles. The molecule has 4 aromatic rings. The van der Waals surface area contributed by atoms with E-state index < -0.39 is 0 Å². The summed E-state index contributed by atoms with van der Waals surface area (Å²) in [5.41, 5.74) is 4.20. The van der Waals surface area contributed by atoms with Gasteiger partial charge in [-0.15, -0.1) is 0 Å². The Bertz CT molecular complexity index is 969. The van der Waals surface area contributed by atoms with Crippen LogP contribution in [0.1, 0.15) is 11.4 Å². The molecule has 0 aliphatic carbocycles. The van der Waals surface area contributed by atoms with E-state index in [1.54, 1.807) is 0 Å². The largest absolute Gasteiger partial charge is 0.264 e. The predicted octanol–water partition coefficient (Wildman–Crippen LogP) is 3.56. The van der Waals surface area contributed by atoms with Crippen molar-refractivity contribution in [2.75, 3.05) is 0 Å². The van der Waals surface area contributed by atoms with Crippen LogP contribution in [0.15, 0.2) is 48.5 Å². The monoisotopic (exact) mass is 274 g/mol. The fraction of sp³-hybridized carbons (Fsp3) is 0.118. The van der Waals surface area contributed by atoms with E-state index in [2.05, 4.69) is 27.9 Å². The Kier molecular flexibility index (Phi) is 2.51. The normalized spacial score (nSPS) is 11.3. The smallest absolute Gasteiger partial charge is 0.238 e. The molecular formula is C17H14N4. The standard InChI is InChI=1S/C17H14N4/c1-11-7-3-4-8-13(11)16-18-12(2)21-15-10-6-5-9-14(15)19-17(21)20-16/h3-10H,1-2H3. The Hall–Kier alpha value is -2.75. The number of rotatable bonds is 1. The summed E-state index contributed by atoms with van der Waals surface area (Å²) in [7, 11) is 0. The maximum Gasteiger partial charge on any atom is 0.238 e. The fourth-order valence-corrected chi connectivity index (χ4v) is 2.67. The zero-order valence-corrected chi connectivity index (χ0v) is 11.9. The van der Waals surface area contributed by atoms with E-state index >= 15 is 0 Å². The van der Waals surface area contributed by atoms with Crippen molar-refractivity contribution in [3.05, 3.63) is 59.9 Å². The number of hydrogen-bond acceptors (Lipinski definition) is 3. The molecule has 0 amide bonds. The Morgan fingerprint density at radius 1 is 0.810 bits per heavy atom. The van der Waals surface area contributed by atoms with Crippen LogP contribution < -0.4 is 0 Å². The zero-order chi connectivity index (χ0) is 14.4. The minimum Gasteiger partial charge on any atom is -0.264 e. The third-order valence-electron chi connectivity index (χ3n) is 3.73. The first-order chi connectivity index (χ1) is 10.2. The second-order valence-electron chi connectivity index (χ2n) is 5.15. The molecule has 2 aromatic heterocycles. The number of imidazole rings is 1. The molecule has 0 spiro atoms. The first-order valence-electron chi connectivity index (χ1n) is 6.92. The van der Waals surface area contributed by atoms with Crippen molar-refractivity contribution in [1.82, 2.24) is 19.4 Å². The highest BCUT2D eigenvalue weighted by molar-refractivity contribution is 5.80. The lowest BCUT2D eigenvalue weighted by Gasteiger charge is -2.06. The quantitative estimate of drug-likeness (QED) is 0.533. The lowest BCUT2D eigenvalue weighted by Crippen LogP contribution is -2.01. The number of aryl methyl sites for hydroxylation is 2. The van der Waals surface area contributed by atoms with Gasteiger partial charge in [-0.2, -0.15) is 4.98 Å². The maximum absolute atomic E-state index is 4.67. The van der Waals surface area contributed by atoms with Gasteiger partial charge in [0.2, 0.25) is 5.78 Å². The molecule has 4 heteroatoms. The van der Waals surface area contributed by atoms with Gasteiger partial charge in [-0.05, 0) is 31.5 Å². The molecule has 4 rings (SSSR count). The molecule has 0 aliphatic heterocycles. The zero-order valence-electron chi connectivity index (χ0n) is 11.9. The molecule has 4 nitrogen and oxygen atoms in total. The van der Waals surface area contributed by atoms with Crippen molar-refractivity contribution < 1.29 is 0 Å². The second-order valence-corrected chi connectivity index (χ2v) is 5.15. The number of fused-ring (bicyclic) bond motifs is 3. The van der Waals surface area contributed by atoms with Crippen molar-refractivity contribution in [2.45, 2.75) is 13.8 Å². The summed E-state index contributed by atoms with van der Waals surface area (Å²) >= 11 is 0. The van der Waals surface area contributed by atoms with Crippen LogP contribution in [0.3, 0.4) is 0 Å². The highest BCUT2D eigenvalue weighted by atomic mass is 15.2. The highest BCUT2D eigenvalue weighted by Crippen LogP contribution is 2.22. The van der Waals surface area contributed by atoms with Crippen LogP contribution in [0, 0.1) is 13.8 Å². The summed E-state index contributed by atoms with van der Waals surface area (Å²) in [5, 5.41) is 0. The minimum absolute atomic E-state index is 0.696. The molecule has 0 atom stereocenters. The van der Waals surface area contributed by atoms with Gasteiger partial charge in [0.15, 0.2) is 5.82 Å². The van der Waals surface area contributed by atoms with Crippen LogP contribution in [-0.2, 0) is 0 Å². The van der Waals surface area contributed by atoms with Gasteiger partial charge < -0.3 is 0 Å². The van der Waals surface area contributed by atoms with Crippen LogP contribution in [0.25, 0.3) is 28.2 Å². The van der Waals surface area contributed by atoms with E-state index in [-0.39, 0.29) is 0 Å². The van der Waals surface area contributed by atoms with Crippen molar-refractivity contribution in [1.29, 1.82) is 0 Å². The molecule has 0 fully saturated rings. The van der Waals surface area contributed by atoms with Gasteiger partial charge in [-0.3, -0.25) is 4.40 Å². The Balaban J connectivity index is 2.06. The number of benzene rings is 2. The number of hydrogen-bond donors (Lipinski definition) is 0. The van der Waals surface area contributed by atoms with Crippen molar-refractivity contribution in [2.24, 2.45) is 0 Å². The van der Waals surface area contributed by atoms with Gasteiger partial charge >= 0.3 is 0 Å². The topological polar surface area (TPSA) is 43.1 Å². The third kappa shape index (κ3) is 1.80. The Morgan fingerprint density at radius 3 is 2.43 bits per heavy atom. The Morgan fingerprint density at radius 2 is 1.57 bits per heavy atom. The molecule has 0 unspecified atom stereocenters. The van der Waals surface area contributed by atoms with E-state index in [4.69, 9.17) is 0 Å². The van der Waals surface area contributed by atoms with Crippen molar-refractivity contribution in [3.63, 3.8) is 0 Å². The summed E-state index contributed by atoms with van der Waals surface area (Å²) in [6.07, 6.45) is 0. The Labute approximate surface area is 122 Å². The predicted molar refractivity (Wildman–Crippen MR) is 83.2 cm³/mol. The molecule has 0 bridgehead atoms. The summed E-state index contributed by atoms with van der Waals surface area (Å²) < 4.78 is 2.00. The van der Waals surface area contributed by atoms with E-state index in [9.17, 15) is 0 Å². The molecule has 0 aliphatic rings. The van der Waals surface area contributed by atoms with E-state index in [0.29, 0.717) is 5.78 Å². The first kappa shape index (κ1) is 12.0. The molecule has 102 valence electrons. The number of aromatic nitrogens is 4. The molecular weight excluding hydrogens is 260 g/mol. The SMILES string of the molecule is Cc1ccccc1-c1nc(C)n2c(n1)nc1ccccc12. The fourth-order valence-electron chi connectivity index (χ4n) is 2.67. The van der Waals surface area contributed by atoms with E-state index in [0.717, 1.165) is 33.8 Å². The van der Waals surface area contributed by atoms with Crippen LogP contribution in [-0.4, -0.2) is 19.4 Å². The molecule has 0 saturated carbocycles. The van der Waals surface area contributed by atoms with Crippen LogP contribution in [0.4, 0.5) is 0 Å². The average molecular weight is 274 g/mol. The number of nitrogens with zero attached hydrogens (tertiary/aromatic N) is 4.